The number of thiophene rings is 1. The lowest BCUT2D eigenvalue weighted by Gasteiger charge is -2.32. The minimum Gasteiger partial charge on any atom is -0.398 e. The van der Waals surface area contributed by atoms with Crippen LogP contribution in [0.1, 0.15) is 57.7 Å². The molecule has 0 unspecified atom stereocenters. The summed E-state index contributed by atoms with van der Waals surface area (Å²) in [5, 5.41) is 11.6. The van der Waals surface area contributed by atoms with Crippen molar-refractivity contribution < 1.29 is 13.7 Å². The number of hydrogen-bond acceptors (Lipinski definition) is 4. The fraction of sp³-hybridized carbons (Fsp3) is 0.500. The van der Waals surface area contributed by atoms with Gasteiger partial charge < -0.3 is 9.31 Å². The summed E-state index contributed by atoms with van der Waals surface area (Å²) in [5.74, 6) is 0.442. The third-order valence-electron chi connectivity index (χ3n) is 5.37. The van der Waals surface area contributed by atoms with Gasteiger partial charge in [0.05, 0.1) is 11.2 Å². The van der Waals surface area contributed by atoms with Crippen LogP contribution in [0, 0.1) is 0 Å². The van der Waals surface area contributed by atoms with E-state index in [1.165, 1.54) is 6.08 Å². The smallest absolute Gasteiger partial charge is 0.398 e. The maximum atomic E-state index is 15.0. The molecule has 3 heterocycles. The standard InChI is InChI=1S/C18H22BFN2O2S/c1-17(2)18(3,4)24-19(23-17)14(20)9-13-15(11-5-6-11)21-22-16(13)12-7-8-25-10-12/h7-11H,5-6H2,1-4H3,(H,21,22). The molecular weight excluding hydrogens is 338 g/mol. The first-order valence-corrected chi connectivity index (χ1v) is 9.56. The number of nitrogens with zero attached hydrogens (tertiary/aromatic N) is 1. The number of rotatable bonds is 4. The van der Waals surface area contributed by atoms with Gasteiger partial charge >= 0.3 is 7.12 Å². The molecule has 2 aromatic heterocycles. The van der Waals surface area contributed by atoms with Crippen molar-refractivity contribution in [3.63, 3.8) is 0 Å². The molecule has 0 amide bonds. The van der Waals surface area contributed by atoms with Crippen LogP contribution < -0.4 is 0 Å². The molecule has 1 saturated carbocycles. The second-order valence-corrected chi connectivity index (χ2v) is 8.58. The van der Waals surface area contributed by atoms with Gasteiger partial charge in [-0.3, -0.25) is 5.10 Å². The van der Waals surface area contributed by atoms with E-state index in [0.29, 0.717) is 5.92 Å². The summed E-state index contributed by atoms with van der Waals surface area (Å²) in [6.07, 6.45) is 3.76. The van der Waals surface area contributed by atoms with Crippen molar-refractivity contribution in [3.8, 4) is 11.3 Å². The summed E-state index contributed by atoms with van der Waals surface area (Å²) >= 11 is 1.60. The van der Waals surface area contributed by atoms with Crippen LogP contribution in [0.4, 0.5) is 4.39 Å². The van der Waals surface area contributed by atoms with Gasteiger partial charge in [0.15, 0.2) is 0 Å². The fourth-order valence-electron chi connectivity index (χ4n) is 2.97. The summed E-state index contributed by atoms with van der Waals surface area (Å²) in [6, 6.07) is 2.00. The maximum Gasteiger partial charge on any atom is 0.525 e. The Morgan fingerprint density at radius 1 is 1.32 bits per heavy atom. The SMILES string of the molecule is CC1(C)OB(C(F)=Cc2c(-c3ccsc3)n[nH]c2C2CC2)OC1(C)C. The van der Waals surface area contributed by atoms with Gasteiger partial charge in [0.1, 0.15) is 11.4 Å². The average Bonchev–Trinajstić information content (AvgIpc) is 2.98. The molecule has 0 atom stereocenters. The van der Waals surface area contributed by atoms with E-state index >= 15 is 4.39 Å². The van der Waals surface area contributed by atoms with Gasteiger partial charge in [-0.15, -0.1) is 0 Å². The van der Waals surface area contributed by atoms with Gasteiger partial charge in [-0.25, -0.2) is 4.39 Å². The zero-order chi connectivity index (χ0) is 17.8. The molecule has 1 saturated heterocycles. The largest absolute Gasteiger partial charge is 0.525 e. The predicted molar refractivity (Wildman–Crippen MR) is 99.0 cm³/mol. The zero-order valence-electron chi connectivity index (χ0n) is 14.9. The third-order valence-corrected chi connectivity index (χ3v) is 6.06. The summed E-state index contributed by atoms with van der Waals surface area (Å²) in [5.41, 5.74) is 2.07. The predicted octanol–water partition coefficient (Wildman–Crippen LogP) is 4.96. The summed E-state index contributed by atoms with van der Waals surface area (Å²) in [7, 11) is -0.984. The van der Waals surface area contributed by atoms with E-state index in [4.69, 9.17) is 9.31 Å². The number of nitrogens with one attached hydrogen (secondary N) is 1. The lowest BCUT2D eigenvalue weighted by molar-refractivity contribution is 0.00578. The second kappa shape index (κ2) is 5.79. The zero-order valence-corrected chi connectivity index (χ0v) is 15.7. The van der Waals surface area contributed by atoms with Crippen LogP contribution in [0.2, 0.25) is 0 Å². The van der Waals surface area contributed by atoms with Crippen molar-refractivity contribution in [1.82, 2.24) is 10.2 Å². The van der Waals surface area contributed by atoms with Crippen LogP contribution in [0.3, 0.4) is 0 Å². The van der Waals surface area contributed by atoms with Gasteiger partial charge in [0, 0.05) is 28.1 Å². The van der Waals surface area contributed by atoms with Gasteiger partial charge in [-0.2, -0.15) is 16.4 Å². The first-order chi connectivity index (χ1) is 11.8. The van der Waals surface area contributed by atoms with E-state index in [9.17, 15) is 0 Å². The van der Waals surface area contributed by atoms with Crippen LogP contribution in [-0.4, -0.2) is 28.5 Å². The van der Waals surface area contributed by atoms with E-state index in [0.717, 1.165) is 35.4 Å². The van der Waals surface area contributed by atoms with Gasteiger partial charge in [-0.05, 0) is 58.1 Å². The number of aromatic amines is 1. The topological polar surface area (TPSA) is 47.1 Å². The van der Waals surface area contributed by atoms with Crippen molar-refractivity contribution in [1.29, 1.82) is 0 Å². The Labute approximate surface area is 151 Å². The lowest BCUT2D eigenvalue weighted by atomic mass is 9.86. The molecule has 25 heavy (non-hydrogen) atoms. The highest BCUT2D eigenvalue weighted by Crippen LogP contribution is 2.44. The summed E-state index contributed by atoms with van der Waals surface area (Å²) in [4.78, 5) is 0. The number of halogens is 1. The lowest BCUT2D eigenvalue weighted by Crippen LogP contribution is -2.41. The minimum absolute atomic E-state index is 0.418. The van der Waals surface area contributed by atoms with Crippen molar-refractivity contribution in [2.24, 2.45) is 0 Å². The highest BCUT2D eigenvalue weighted by atomic mass is 32.1. The molecule has 2 aromatic rings. The monoisotopic (exact) mass is 360 g/mol. The fourth-order valence-corrected chi connectivity index (χ4v) is 3.61. The number of H-pyrrole nitrogens is 1. The Balaban J connectivity index is 1.70. The van der Waals surface area contributed by atoms with Crippen molar-refractivity contribution in [2.45, 2.75) is 57.7 Å². The minimum atomic E-state index is -0.984. The Hall–Kier alpha value is -1.44. The molecule has 4 rings (SSSR count). The highest BCUT2D eigenvalue weighted by molar-refractivity contribution is 7.08. The van der Waals surface area contributed by atoms with Gasteiger partial charge in [0.2, 0.25) is 0 Å². The van der Waals surface area contributed by atoms with Crippen LogP contribution in [0.15, 0.2) is 22.6 Å². The van der Waals surface area contributed by atoms with Gasteiger partial charge in [0.25, 0.3) is 0 Å². The third kappa shape index (κ3) is 2.98. The molecule has 1 aliphatic heterocycles. The first kappa shape index (κ1) is 17.0. The van der Waals surface area contributed by atoms with Crippen molar-refractivity contribution >= 4 is 24.5 Å². The molecular formula is C18H22BFN2O2S. The van der Waals surface area contributed by atoms with E-state index < -0.39 is 24.0 Å². The molecule has 7 heteroatoms. The van der Waals surface area contributed by atoms with Crippen LogP contribution >= 0.6 is 11.3 Å². The van der Waals surface area contributed by atoms with Crippen LogP contribution in [-0.2, 0) is 9.31 Å². The van der Waals surface area contributed by atoms with E-state index in [1.807, 2.05) is 44.5 Å². The number of hydrogen-bond donors (Lipinski definition) is 1. The van der Waals surface area contributed by atoms with E-state index in [2.05, 4.69) is 10.2 Å². The highest BCUT2D eigenvalue weighted by Gasteiger charge is 2.53. The second-order valence-electron chi connectivity index (χ2n) is 7.80. The van der Waals surface area contributed by atoms with Crippen LogP contribution in [0.5, 0.6) is 0 Å². The Bertz CT molecular complexity index is 793. The molecule has 1 N–H and O–H groups in total. The first-order valence-electron chi connectivity index (χ1n) is 8.62. The van der Waals surface area contributed by atoms with E-state index in [1.54, 1.807) is 11.3 Å². The molecule has 4 nitrogen and oxygen atoms in total. The average molecular weight is 360 g/mol. The summed E-state index contributed by atoms with van der Waals surface area (Å²) in [6.45, 7) is 7.68. The van der Waals surface area contributed by atoms with Gasteiger partial charge in [-0.1, -0.05) is 0 Å². The molecule has 1 aliphatic carbocycles. The normalized spacial score (nSPS) is 22.6. The molecule has 0 radical (unpaired) electrons. The molecule has 2 aliphatic rings. The van der Waals surface area contributed by atoms with Crippen molar-refractivity contribution in [3.05, 3.63) is 33.8 Å². The molecule has 132 valence electrons. The maximum absolute atomic E-state index is 15.0. The Kier molecular flexibility index (Phi) is 3.94. The summed E-state index contributed by atoms with van der Waals surface area (Å²) < 4.78 is 26.7. The Morgan fingerprint density at radius 2 is 2.00 bits per heavy atom. The van der Waals surface area contributed by atoms with Crippen molar-refractivity contribution in [2.75, 3.05) is 0 Å². The van der Waals surface area contributed by atoms with Crippen LogP contribution in [0.25, 0.3) is 17.3 Å². The molecule has 0 bridgehead atoms. The molecule has 2 fully saturated rings. The van der Waals surface area contributed by atoms with E-state index in [-0.39, 0.29) is 0 Å². The Morgan fingerprint density at radius 3 is 2.56 bits per heavy atom. The quantitative estimate of drug-likeness (QED) is 0.784. The molecule has 0 spiro atoms. The number of aromatic nitrogens is 2. The molecule has 0 aromatic carbocycles.